The Labute approximate surface area is 273 Å². The van der Waals surface area contributed by atoms with E-state index in [1.54, 1.807) is 0 Å². The van der Waals surface area contributed by atoms with Crippen LogP contribution in [0.5, 0.6) is 0 Å². The van der Waals surface area contributed by atoms with Gasteiger partial charge in [0.25, 0.3) is 0 Å². The van der Waals surface area contributed by atoms with E-state index < -0.39 is 0 Å². The van der Waals surface area contributed by atoms with Crippen LogP contribution in [0.3, 0.4) is 0 Å². The van der Waals surface area contributed by atoms with E-state index in [-0.39, 0.29) is 0 Å². The second-order valence-corrected chi connectivity index (χ2v) is 14.3. The van der Waals surface area contributed by atoms with Crippen LogP contribution in [0.2, 0.25) is 0 Å². The highest BCUT2D eigenvalue weighted by molar-refractivity contribution is 4.97. The Kier molecular flexibility index (Phi) is 30.7. The van der Waals surface area contributed by atoms with Crippen molar-refractivity contribution in [2.45, 2.75) is 239 Å². The van der Waals surface area contributed by atoms with Gasteiger partial charge in [0.2, 0.25) is 0 Å². The summed E-state index contributed by atoms with van der Waals surface area (Å²) in [4.78, 5) is 5.41. The molecule has 0 N–H and O–H groups in total. The molecule has 0 radical (unpaired) electrons. The van der Waals surface area contributed by atoms with Crippen molar-refractivity contribution in [3.05, 3.63) is 12.4 Å². The second-order valence-electron chi connectivity index (χ2n) is 14.3. The maximum absolute atomic E-state index is 2.70. The number of rotatable bonds is 35. The molecular weight excluding hydrogens is 520 g/mol. The van der Waals surface area contributed by atoms with Gasteiger partial charge >= 0.3 is 0 Å². The van der Waals surface area contributed by atoms with E-state index in [0.717, 1.165) is 0 Å². The van der Waals surface area contributed by atoms with E-state index in [1.165, 1.54) is 225 Å². The van der Waals surface area contributed by atoms with Gasteiger partial charge in [-0.3, -0.25) is 0 Å². The molecule has 0 fully saturated rings. The Morgan fingerprint density at radius 2 is 0.535 bits per heavy atom. The van der Waals surface area contributed by atoms with E-state index in [1.807, 2.05) is 0 Å². The molecule has 1 aliphatic rings. The van der Waals surface area contributed by atoms with Crippen molar-refractivity contribution in [1.29, 1.82) is 0 Å². The third kappa shape index (κ3) is 25.2. The van der Waals surface area contributed by atoms with Crippen LogP contribution in [0.25, 0.3) is 0 Å². The largest absolute Gasteiger partial charge is 0.356 e. The first kappa shape index (κ1) is 40.4. The summed E-state index contributed by atoms with van der Waals surface area (Å²) < 4.78 is 0. The first-order valence-electron chi connectivity index (χ1n) is 20.5. The third-order valence-corrected chi connectivity index (χ3v) is 10.1. The zero-order chi connectivity index (χ0) is 30.9. The van der Waals surface area contributed by atoms with Gasteiger partial charge in [-0.25, -0.2) is 0 Å². The summed E-state index contributed by atoms with van der Waals surface area (Å²) in [5.41, 5.74) is 0. The van der Waals surface area contributed by atoms with E-state index in [4.69, 9.17) is 0 Å². The molecule has 0 aromatic carbocycles. The molecule has 0 spiro atoms. The second kappa shape index (κ2) is 32.7. The quantitative estimate of drug-likeness (QED) is 0.0666. The van der Waals surface area contributed by atoms with Crippen LogP contribution in [0, 0.1) is 0 Å². The van der Waals surface area contributed by atoms with Gasteiger partial charge in [-0.05, 0) is 25.7 Å². The van der Waals surface area contributed by atoms with Crippen LogP contribution < -0.4 is 0 Å². The fraction of sp³-hybridized carbons (Fsp3) is 0.951. The van der Waals surface area contributed by atoms with Crippen molar-refractivity contribution >= 4 is 0 Å². The topological polar surface area (TPSA) is 6.48 Å². The lowest BCUT2D eigenvalue weighted by Crippen LogP contribution is -2.39. The van der Waals surface area contributed by atoms with Crippen LogP contribution in [-0.2, 0) is 0 Å². The molecule has 0 amide bonds. The summed E-state index contributed by atoms with van der Waals surface area (Å²) in [5, 5.41) is 0. The average molecular weight is 603 g/mol. The molecule has 1 heterocycles. The van der Waals surface area contributed by atoms with Crippen LogP contribution in [0.4, 0.5) is 0 Å². The zero-order valence-corrected chi connectivity index (χ0v) is 30.4. The minimum absolute atomic E-state index is 0.640. The lowest BCUT2D eigenvalue weighted by atomic mass is 10.0. The van der Waals surface area contributed by atoms with Gasteiger partial charge in [-0.1, -0.05) is 207 Å². The number of hydrogen-bond acceptors (Lipinski definition) is 2. The first-order valence-corrected chi connectivity index (χ1v) is 20.5. The molecule has 1 rings (SSSR count). The van der Waals surface area contributed by atoms with Gasteiger partial charge < -0.3 is 9.80 Å². The van der Waals surface area contributed by atoms with Crippen LogP contribution >= 0.6 is 0 Å². The molecule has 2 heteroatoms. The zero-order valence-electron chi connectivity index (χ0n) is 30.4. The lowest BCUT2D eigenvalue weighted by molar-refractivity contribution is 0.135. The predicted molar refractivity (Wildman–Crippen MR) is 196 cm³/mol. The molecule has 0 saturated heterocycles. The minimum atomic E-state index is 0.640. The standard InChI is InChI=1S/C41H82N2/c1-4-7-10-13-15-17-19-21-22-23-24-26-28-30-32-35-38-43-40-39-42(41(43)36-33-12-9-6-3)37-34-31-29-27-25-20-18-16-14-11-8-5-2/h39-41H,4-38H2,1-3H3. The van der Waals surface area contributed by atoms with Crippen molar-refractivity contribution in [3.8, 4) is 0 Å². The highest BCUT2D eigenvalue weighted by atomic mass is 15.4. The van der Waals surface area contributed by atoms with Crippen molar-refractivity contribution in [3.63, 3.8) is 0 Å². The highest BCUT2D eigenvalue weighted by Crippen LogP contribution is 2.24. The molecule has 43 heavy (non-hydrogen) atoms. The summed E-state index contributed by atoms with van der Waals surface area (Å²) in [6.07, 6.45) is 52.9. The molecule has 2 nitrogen and oxygen atoms in total. The Bertz CT molecular complexity index is 558. The fourth-order valence-corrected chi connectivity index (χ4v) is 7.07. The van der Waals surface area contributed by atoms with E-state index in [2.05, 4.69) is 43.0 Å². The minimum Gasteiger partial charge on any atom is -0.356 e. The van der Waals surface area contributed by atoms with Gasteiger partial charge in [0, 0.05) is 25.5 Å². The summed E-state index contributed by atoms with van der Waals surface area (Å²) in [5.74, 6) is 0. The number of unbranched alkanes of at least 4 members (excludes halogenated alkanes) is 29. The summed E-state index contributed by atoms with van der Waals surface area (Å²) >= 11 is 0. The predicted octanol–water partition coefficient (Wildman–Crippen LogP) is 14.3. The molecule has 1 aliphatic heterocycles. The number of nitrogens with zero attached hydrogens (tertiary/aromatic N) is 2. The van der Waals surface area contributed by atoms with E-state index in [0.29, 0.717) is 6.17 Å². The van der Waals surface area contributed by atoms with Gasteiger partial charge in [-0.15, -0.1) is 0 Å². The summed E-state index contributed by atoms with van der Waals surface area (Å²) in [6, 6.07) is 0. The fourth-order valence-electron chi connectivity index (χ4n) is 7.07. The van der Waals surface area contributed by atoms with Crippen molar-refractivity contribution in [2.75, 3.05) is 13.1 Å². The molecule has 0 saturated carbocycles. The SMILES string of the molecule is CCCCCCCCCCCCCCCCCCN1C=CN(CCCCCCCCCCCCCC)C1CCCCCC. The van der Waals surface area contributed by atoms with Crippen LogP contribution in [-0.4, -0.2) is 29.1 Å². The Morgan fingerprint density at radius 1 is 0.302 bits per heavy atom. The molecule has 0 aliphatic carbocycles. The monoisotopic (exact) mass is 603 g/mol. The van der Waals surface area contributed by atoms with E-state index in [9.17, 15) is 0 Å². The van der Waals surface area contributed by atoms with Crippen molar-refractivity contribution < 1.29 is 0 Å². The molecule has 0 bridgehead atoms. The molecule has 256 valence electrons. The van der Waals surface area contributed by atoms with Gasteiger partial charge in [0.05, 0.1) is 0 Å². The normalized spacial score (nSPS) is 14.9. The van der Waals surface area contributed by atoms with Gasteiger partial charge in [0.1, 0.15) is 6.17 Å². The molecule has 1 atom stereocenters. The van der Waals surface area contributed by atoms with Crippen molar-refractivity contribution in [2.24, 2.45) is 0 Å². The maximum atomic E-state index is 2.70. The highest BCUT2D eigenvalue weighted by Gasteiger charge is 2.24. The van der Waals surface area contributed by atoms with E-state index >= 15 is 0 Å². The van der Waals surface area contributed by atoms with Gasteiger partial charge in [-0.2, -0.15) is 0 Å². The smallest absolute Gasteiger partial charge is 0.101 e. The maximum Gasteiger partial charge on any atom is 0.101 e. The van der Waals surface area contributed by atoms with Gasteiger partial charge in [0.15, 0.2) is 0 Å². The molecule has 0 aromatic rings. The Hall–Kier alpha value is -0.660. The molecule has 0 aromatic heterocycles. The first-order chi connectivity index (χ1) is 21.3. The van der Waals surface area contributed by atoms with Crippen LogP contribution in [0.15, 0.2) is 12.4 Å². The summed E-state index contributed by atoms with van der Waals surface area (Å²) in [6.45, 7) is 9.49. The average Bonchev–Trinajstić information content (AvgIpc) is 3.40. The lowest BCUT2D eigenvalue weighted by Gasteiger charge is -2.33. The Balaban J connectivity index is 2.06. The molecular formula is C41H82N2. The Morgan fingerprint density at radius 3 is 0.814 bits per heavy atom. The number of hydrogen-bond donors (Lipinski definition) is 0. The third-order valence-electron chi connectivity index (χ3n) is 10.1. The summed E-state index contributed by atoms with van der Waals surface area (Å²) in [7, 11) is 0. The molecule has 1 unspecified atom stereocenters. The van der Waals surface area contributed by atoms with Crippen molar-refractivity contribution in [1.82, 2.24) is 9.80 Å². The van der Waals surface area contributed by atoms with Crippen LogP contribution in [0.1, 0.15) is 233 Å².